The molecule has 2 amide bonds. The smallest absolute Gasteiger partial charge is 0.310 e. The molecule has 3 N–H and O–H groups in total. The van der Waals surface area contributed by atoms with Crippen LogP contribution in [0.2, 0.25) is 0 Å². The zero-order valence-electron chi connectivity index (χ0n) is 11.9. The van der Waals surface area contributed by atoms with Crippen molar-refractivity contribution >= 4 is 29.1 Å². The van der Waals surface area contributed by atoms with Crippen LogP contribution in [0.1, 0.15) is 28.1 Å². The van der Waals surface area contributed by atoms with Gasteiger partial charge in [0.25, 0.3) is 5.91 Å². The molecule has 2 bridgehead atoms. The number of hydrogen-bond acceptors (Lipinski definition) is 5. The highest BCUT2D eigenvalue weighted by Gasteiger charge is 2.55. The van der Waals surface area contributed by atoms with Crippen molar-refractivity contribution in [1.29, 1.82) is 0 Å². The molecule has 4 atom stereocenters. The monoisotopic (exact) mass is 324 g/mol. The van der Waals surface area contributed by atoms with Crippen LogP contribution in [-0.2, 0) is 14.3 Å². The molecule has 0 unspecified atom stereocenters. The molecule has 118 valence electrons. The first-order valence-corrected chi connectivity index (χ1v) is 7.89. The number of carboxylic acid groups (broad SMARTS) is 1. The van der Waals surface area contributed by atoms with Gasteiger partial charge in [0.1, 0.15) is 0 Å². The fourth-order valence-electron chi connectivity index (χ4n) is 3.19. The van der Waals surface area contributed by atoms with E-state index in [9.17, 15) is 19.5 Å². The van der Waals surface area contributed by atoms with Gasteiger partial charge in [-0.05, 0) is 36.8 Å². The van der Waals surface area contributed by atoms with E-state index in [1.807, 2.05) is 6.07 Å². The molecule has 0 aromatic carbocycles. The van der Waals surface area contributed by atoms with E-state index in [0.717, 1.165) is 5.56 Å². The maximum atomic E-state index is 12.2. The van der Waals surface area contributed by atoms with Crippen LogP contribution in [-0.4, -0.2) is 35.1 Å². The highest BCUT2D eigenvalue weighted by atomic mass is 32.1. The van der Waals surface area contributed by atoms with Crippen molar-refractivity contribution in [2.24, 2.45) is 11.8 Å². The molecule has 1 aromatic rings. The van der Waals surface area contributed by atoms with E-state index in [1.165, 1.54) is 11.3 Å². The number of carbonyl (C=O) groups is 3. The second-order valence-electron chi connectivity index (χ2n) is 5.56. The van der Waals surface area contributed by atoms with Gasteiger partial charge in [-0.25, -0.2) is 0 Å². The molecule has 0 saturated carbocycles. The van der Waals surface area contributed by atoms with Gasteiger partial charge in [-0.1, -0.05) is 0 Å². The lowest BCUT2D eigenvalue weighted by Crippen LogP contribution is -2.50. The molecule has 7 nitrogen and oxygen atoms in total. The predicted octanol–water partition coefficient (Wildman–Crippen LogP) is 0.696. The van der Waals surface area contributed by atoms with Crippen LogP contribution in [0.4, 0.5) is 0 Å². The Morgan fingerprint density at radius 2 is 1.91 bits per heavy atom. The standard InChI is InChI=1S/C14H16N2O5S/c1-6-4-5-22-11(6)13(18)16-15-12(17)9-7-2-3-8(21-7)10(9)14(19)20/h4-5,7-10H,2-3H2,1H3,(H,15,17)(H,16,18)(H,19,20)/t7-,8-,9-,10-/m0/s1. The minimum absolute atomic E-state index is 0.383. The predicted molar refractivity (Wildman–Crippen MR) is 77.2 cm³/mol. The van der Waals surface area contributed by atoms with Crippen molar-refractivity contribution in [3.63, 3.8) is 0 Å². The summed E-state index contributed by atoms with van der Waals surface area (Å²) in [6.07, 6.45) is 0.538. The van der Waals surface area contributed by atoms with Crippen LogP contribution in [0, 0.1) is 18.8 Å². The minimum Gasteiger partial charge on any atom is -0.481 e. The number of carboxylic acids is 1. The first kappa shape index (κ1) is 15.0. The SMILES string of the molecule is Cc1ccsc1C(=O)NNC(=O)[C@@H]1[C@@H](C(=O)O)[C@@H]2CC[C@@H]1O2. The molecule has 0 spiro atoms. The fourth-order valence-corrected chi connectivity index (χ4v) is 4.01. The Bertz CT molecular complexity index is 629. The molecule has 3 heterocycles. The molecule has 0 radical (unpaired) electrons. The zero-order chi connectivity index (χ0) is 15.9. The quantitative estimate of drug-likeness (QED) is 0.710. The molecule has 0 aliphatic carbocycles. The van der Waals surface area contributed by atoms with Gasteiger partial charge in [0, 0.05) is 0 Å². The summed E-state index contributed by atoms with van der Waals surface area (Å²) in [5.74, 6) is -3.56. The minimum atomic E-state index is -1.03. The third kappa shape index (κ3) is 2.48. The summed E-state index contributed by atoms with van der Waals surface area (Å²) < 4.78 is 5.53. The molecule has 8 heteroatoms. The zero-order valence-corrected chi connectivity index (χ0v) is 12.7. The lowest BCUT2D eigenvalue weighted by Gasteiger charge is -2.23. The van der Waals surface area contributed by atoms with Gasteiger partial charge in [-0.15, -0.1) is 11.3 Å². The van der Waals surface area contributed by atoms with E-state index in [2.05, 4.69) is 10.9 Å². The average molecular weight is 324 g/mol. The summed E-state index contributed by atoms with van der Waals surface area (Å²) in [5, 5.41) is 11.1. The van der Waals surface area contributed by atoms with Crippen LogP contribution in [0.25, 0.3) is 0 Å². The Morgan fingerprint density at radius 3 is 2.50 bits per heavy atom. The third-order valence-electron chi connectivity index (χ3n) is 4.23. The molecule has 22 heavy (non-hydrogen) atoms. The Labute approximate surface area is 130 Å². The van der Waals surface area contributed by atoms with Crippen molar-refractivity contribution in [2.75, 3.05) is 0 Å². The molecule has 3 rings (SSSR count). The summed E-state index contributed by atoms with van der Waals surface area (Å²) in [6.45, 7) is 1.80. The summed E-state index contributed by atoms with van der Waals surface area (Å²) >= 11 is 1.28. The molecular weight excluding hydrogens is 308 g/mol. The highest BCUT2D eigenvalue weighted by Crippen LogP contribution is 2.43. The lowest BCUT2D eigenvalue weighted by atomic mass is 9.79. The number of nitrogens with one attached hydrogen (secondary N) is 2. The summed E-state index contributed by atoms with van der Waals surface area (Å²) in [7, 11) is 0. The number of fused-ring (bicyclic) bond motifs is 2. The number of rotatable bonds is 3. The first-order valence-electron chi connectivity index (χ1n) is 7.01. The molecule has 2 aliphatic heterocycles. The van der Waals surface area contributed by atoms with Gasteiger partial charge in [-0.2, -0.15) is 0 Å². The average Bonchev–Trinajstić information content (AvgIpc) is 3.18. The summed E-state index contributed by atoms with van der Waals surface area (Å²) in [5.41, 5.74) is 5.50. The van der Waals surface area contributed by atoms with Gasteiger partial charge in [0.05, 0.1) is 28.9 Å². The van der Waals surface area contributed by atoms with Crippen LogP contribution >= 0.6 is 11.3 Å². The molecule has 2 fully saturated rings. The van der Waals surface area contributed by atoms with Crippen LogP contribution in [0.15, 0.2) is 11.4 Å². The second-order valence-corrected chi connectivity index (χ2v) is 6.47. The molecule has 1 aromatic heterocycles. The van der Waals surface area contributed by atoms with E-state index < -0.39 is 35.7 Å². The van der Waals surface area contributed by atoms with Gasteiger partial charge in [0.2, 0.25) is 5.91 Å². The van der Waals surface area contributed by atoms with Gasteiger partial charge >= 0.3 is 5.97 Å². The van der Waals surface area contributed by atoms with Crippen molar-refractivity contribution in [1.82, 2.24) is 10.9 Å². The number of carbonyl (C=O) groups excluding carboxylic acids is 2. The van der Waals surface area contributed by atoms with Crippen molar-refractivity contribution in [3.05, 3.63) is 21.9 Å². The van der Waals surface area contributed by atoms with Gasteiger partial charge in [0.15, 0.2) is 0 Å². The van der Waals surface area contributed by atoms with Crippen LogP contribution in [0.3, 0.4) is 0 Å². The Morgan fingerprint density at radius 1 is 1.23 bits per heavy atom. The number of amides is 2. The van der Waals surface area contributed by atoms with Crippen molar-refractivity contribution in [3.8, 4) is 0 Å². The number of hydrazine groups is 1. The fraction of sp³-hybridized carbons (Fsp3) is 0.500. The van der Waals surface area contributed by atoms with Gasteiger partial charge < -0.3 is 9.84 Å². The Hall–Kier alpha value is -1.93. The van der Waals surface area contributed by atoms with E-state index in [1.54, 1.807) is 12.3 Å². The largest absolute Gasteiger partial charge is 0.481 e. The molecule has 2 saturated heterocycles. The first-order chi connectivity index (χ1) is 10.5. The summed E-state index contributed by atoms with van der Waals surface area (Å²) in [4.78, 5) is 36.0. The van der Waals surface area contributed by atoms with Crippen LogP contribution in [0.5, 0.6) is 0 Å². The van der Waals surface area contributed by atoms with E-state index in [-0.39, 0.29) is 6.10 Å². The van der Waals surface area contributed by atoms with E-state index >= 15 is 0 Å². The number of ether oxygens (including phenoxy) is 1. The van der Waals surface area contributed by atoms with Crippen molar-refractivity contribution < 1.29 is 24.2 Å². The lowest BCUT2D eigenvalue weighted by molar-refractivity contribution is -0.148. The molecular formula is C14H16N2O5S. The van der Waals surface area contributed by atoms with Crippen molar-refractivity contribution in [2.45, 2.75) is 32.0 Å². The molecule has 2 aliphatic rings. The number of hydrogen-bond donors (Lipinski definition) is 3. The normalized spacial score (nSPS) is 29.3. The van der Waals surface area contributed by atoms with Crippen LogP contribution < -0.4 is 10.9 Å². The maximum Gasteiger partial charge on any atom is 0.310 e. The number of aryl methyl sites for hydroxylation is 1. The number of aliphatic carboxylic acids is 1. The Balaban J connectivity index is 1.63. The second kappa shape index (κ2) is 5.69. The third-order valence-corrected chi connectivity index (χ3v) is 5.24. The highest BCUT2D eigenvalue weighted by molar-refractivity contribution is 7.12. The van der Waals surface area contributed by atoms with E-state index in [0.29, 0.717) is 17.7 Å². The topological polar surface area (TPSA) is 105 Å². The van der Waals surface area contributed by atoms with Gasteiger partial charge in [-0.3, -0.25) is 25.2 Å². The Kier molecular flexibility index (Phi) is 3.88. The maximum absolute atomic E-state index is 12.2. The number of thiophene rings is 1. The van der Waals surface area contributed by atoms with E-state index in [4.69, 9.17) is 4.74 Å². The summed E-state index contributed by atoms with van der Waals surface area (Å²) in [6, 6.07) is 1.81.